The lowest BCUT2D eigenvalue weighted by Gasteiger charge is -2.11. The minimum Gasteiger partial charge on any atom is -0.506 e. The fourth-order valence-electron chi connectivity index (χ4n) is 3.04. The Kier molecular flexibility index (Phi) is 9.15. The molecule has 1 amide bonds. The van der Waals surface area contributed by atoms with E-state index in [0.717, 1.165) is 16.7 Å². The number of phenolic OH excluding ortho intramolecular Hbond substituents is 1. The molecule has 0 unspecified atom stereocenters. The maximum absolute atomic E-state index is 12.2. The molecule has 0 aromatic heterocycles. The van der Waals surface area contributed by atoms with E-state index >= 15 is 0 Å². The van der Waals surface area contributed by atoms with Gasteiger partial charge in [-0.25, -0.2) is 5.43 Å². The number of hydrogen-bond donors (Lipinski definition) is 3. The lowest BCUT2D eigenvalue weighted by atomic mass is 10.1. The molecule has 0 atom stereocenters. The number of hydrogen-bond acceptors (Lipinski definition) is 6. The van der Waals surface area contributed by atoms with Gasteiger partial charge >= 0.3 is 6.36 Å². The van der Waals surface area contributed by atoms with Crippen LogP contribution in [0.15, 0.2) is 65.8 Å². The number of carbonyl (C=O) groups is 1. The van der Waals surface area contributed by atoms with E-state index in [1.165, 1.54) is 36.5 Å². The fraction of sp³-hybridized carbons (Fsp3) is 0.200. The maximum Gasteiger partial charge on any atom is 0.573 e. The first-order valence-electron chi connectivity index (χ1n) is 10.7. The van der Waals surface area contributed by atoms with Crippen molar-refractivity contribution < 1.29 is 32.5 Å². The number of halogens is 4. The molecule has 0 bridgehead atoms. The van der Waals surface area contributed by atoms with Crippen molar-refractivity contribution in [2.45, 2.75) is 19.8 Å². The summed E-state index contributed by atoms with van der Waals surface area (Å²) in [6.07, 6.45) is -3.20. The van der Waals surface area contributed by atoms with Gasteiger partial charge in [-0.15, -0.1) is 13.2 Å². The molecule has 3 aromatic rings. The summed E-state index contributed by atoms with van der Waals surface area (Å²) in [7, 11) is 0. The van der Waals surface area contributed by atoms with Gasteiger partial charge < -0.3 is 19.9 Å². The highest BCUT2D eigenvalue weighted by Crippen LogP contribution is 2.24. The molecule has 0 fully saturated rings. The van der Waals surface area contributed by atoms with Crippen molar-refractivity contribution in [3.05, 3.63) is 87.9 Å². The highest BCUT2D eigenvalue weighted by molar-refractivity contribution is 6.32. The molecular formula is C25H23ClF3N3O4. The summed E-state index contributed by atoms with van der Waals surface area (Å²) in [5.74, 6) is -0.187. The molecule has 36 heavy (non-hydrogen) atoms. The average Bonchev–Trinajstić information content (AvgIpc) is 2.82. The molecule has 3 N–H and O–H groups in total. The van der Waals surface area contributed by atoms with Crippen molar-refractivity contribution in [1.82, 2.24) is 10.7 Å². The van der Waals surface area contributed by atoms with Gasteiger partial charge in [0.05, 0.1) is 11.2 Å². The third kappa shape index (κ3) is 8.47. The predicted molar refractivity (Wildman–Crippen MR) is 130 cm³/mol. The van der Waals surface area contributed by atoms with E-state index < -0.39 is 12.3 Å². The van der Waals surface area contributed by atoms with Crippen molar-refractivity contribution in [2.24, 2.45) is 5.10 Å². The van der Waals surface area contributed by atoms with Gasteiger partial charge in [0.1, 0.15) is 23.9 Å². The van der Waals surface area contributed by atoms with Crippen LogP contribution in [-0.2, 0) is 6.54 Å². The Morgan fingerprint density at radius 1 is 1.08 bits per heavy atom. The zero-order valence-electron chi connectivity index (χ0n) is 19.1. The number of benzene rings is 3. The molecular weight excluding hydrogens is 499 g/mol. The Morgan fingerprint density at radius 2 is 1.81 bits per heavy atom. The maximum atomic E-state index is 12.2. The zero-order chi connectivity index (χ0) is 26.1. The largest absolute Gasteiger partial charge is 0.573 e. The topological polar surface area (TPSA) is 92.2 Å². The number of carbonyl (C=O) groups excluding carboxylic acids is 1. The monoisotopic (exact) mass is 521 g/mol. The van der Waals surface area contributed by atoms with Gasteiger partial charge in [-0.2, -0.15) is 5.10 Å². The van der Waals surface area contributed by atoms with E-state index in [4.69, 9.17) is 16.3 Å². The molecule has 3 rings (SSSR count). The van der Waals surface area contributed by atoms with E-state index in [9.17, 15) is 23.1 Å². The first-order valence-corrected chi connectivity index (χ1v) is 11.1. The van der Waals surface area contributed by atoms with Crippen LogP contribution >= 0.6 is 11.6 Å². The first-order chi connectivity index (χ1) is 17.1. The van der Waals surface area contributed by atoms with Crippen LogP contribution in [0.5, 0.6) is 17.2 Å². The average molecular weight is 522 g/mol. The number of rotatable bonds is 10. The third-order valence-corrected chi connectivity index (χ3v) is 5.16. The molecule has 0 spiro atoms. The summed E-state index contributed by atoms with van der Waals surface area (Å²) in [5.41, 5.74) is 5.14. The number of phenols is 1. The van der Waals surface area contributed by atoms with Gasteiger partial charge in [-0.1, -0.05) is 23.7 Å². The summed E-state index contributed by atoms with van der Waals surface area (Å²) < 4.78 is 46.2. The second-order valence-electron chi connectivity index (χ2n) is 7.60. The van der Waals surface area contributed by atoms with Crippen LogP contribution in [0.2, 0.25) is 5.02 Å². The van der Waals surface area contributed by atoms with Gasteiger partial charge in [0, 0.05) is 18.7 Å². The van der Waals surface area contributed by atoms with E-state index in [1.807, 2.05) is 13.0 Å². The Labute approximate surface area is 210 Å². The molecule has 0 saturated carbocycles. The predicted octanol–water partition coefficient (Wildman–Crippen LogP) is 5.19. The van der Waals surface area contributed by atoms with Gasteiger partial charge in [-0.05, 0) is 72.1 Å². The number of amides is 1. The van der Waals surface area contributed by atoms with Crippen LogP contribution in [0, 0.1) is 6.92 Å². The highest BCUT2D eigenvalue weighted by Gasteiger charge is 2.30. The molecule has 0 aliphatic rings. The van der Waals surface area contributed by atoms with Crippen LogP contribution in [0.25, 0.3) is 0 Å². The Bertz CT molecular complexity index is 1220. The Balaban J connectivity index is 1.40. The van der Waals surface area contributed by atoms with Crippen molar-refractivity contribution in [2.75, 3.05) is 13.2 Å². The SMILES string of the molecule is Cc1cc(OCCNCc2ccc(OC(F)(F)F)cc2)ccc1/C=N/NC(=O)c1ccc(O)c(Cl)c1. The molecule has 3 aromatic carbocycles. The number of alkyl halides is 3. The van der Waals surface area contributed by atoms with Gasteiger partial charge in [0.2, 0.25) is 0 Å². The van der Waals surface area contributed by atoms with Crippen LogP contribution in [0.1, 0.15) is 27.0 Å². The second kappa shape index (κ2) is 12.3. The third-order valence-electron chi connectivity index (χ3n) is 4.85. The molecule has 0 aliphatic heterocycles. The smallest absolute Gasteiger partial charge is 0.506 e. The fourth-order valence-corrected chi connectivity index (χ4v) is 3.22. The molecule has 7 nitrogen and oxygen atoms in total. The molecule has 190 valence electrons. The number of ether oxygens (including phenoxy) is 2. The number of aryl methyl sites for hydroxylation is 1. The van der Waals surface area contributed by atoms with Crippen LogP contribution < -0.4 is 20.2 Å². The quantitative estimate of drug-likeness (QED) is 0.194. The summed E-state index contributed by atoms with van der Waals surface area (Å²) in [5, 5.41) is 16.6. The van der Waals surface area contributed by atoms with E-state index in [-0.39, 0.29) is 22.1 Å². The lowest BCUT2D eigenvalue weighted by Crippen LogP contribution is -2.20. The number of aromatic hydroxyl groups is 1. The minimum absolute atomic E-state index is 0.0712. The first kappa shape index (κ1) is 26.8. The lowest BCUT2D eigenvalue weighted by molar-refractivity contribution is -0.274. The van der Waals surface area contributed by atoms with Crippen molar-refractivity contribution in [1.29, 1.82) is 0 Å². The standard InChI is InChI=1S/C25H23ClF3N3O4/c1-16-12-21(35-11-10-30-14-17-2-6-20(7-3-17)36-25(27,28)29)8-4-19(16)15-31-32-24(34)18-5-9-23(33)22(26)13-18/h2-9,12-13,15,30,33H,10-11,14H2,1H3,(H,32,34)/b31-15+. The normalized spacial score (nSPS) is 11.5. The number of nitrogens with one attached hydrogen (secondary N) is 2. The Morgan fingerprint density at radius 3 is 2.47 bits per heavy atom. The highest BCUT2D eigenvalue weighted by atomic mass is 35.5. The minimum atomic E-state index is -4.71. The van der Waals surface area contributed by atoms with E-state index in [1.54, 1.807) is 24.3 Å². The van der Waals surface area contributed by atoms with Gasteiger partial charge in [0.25, 0.3) is 5.91 Å². The van der Waals surface area contributed by atoms with Crippen molar-refractivity contribution >= 4 is 23.7 Å². The summed E-state index contributed by atoms with van der Waals surface area (Å²) in [6, 6.07) is 15.2. The molecule has 11 heteroatoms. The molecule has 0 radical (unpaired) electrons. The second-order valence-corrected chi connectivity index (χ2v) is 8.01. The van der Waals surface area contributed by atoms with Crippen molar-refractivity contribution in [3.8, 4) is 17.2 Å². The summed E-state index contributed by atoms with van der Waals surface area (Å²) in [4.78, 5) is 12.1. The molecule has 0 aliphatic carbocycles. The van der Waals surface area contributed by atoms with Gasteiger partial charge in [-0.3, -0.25) is 4.79 Å². The number of hydrazone groups is 1. The van der Waals surface area contributed by atoms with Crippen molar-refractivity contribution in [3.63, 3.8) is 0 Å². The van der Waals surface area contributed by atoms with Crippen LogP contribution in [0.3, 0.4) is 0 Å². The van der Waals surface area contributed by atoms with Crippen LogP contribution in [0.4, 0.5) is 13.2 Å². The molecule has 0 heterocycles. The van der Waals surface area contributed by atoms with Gasteiger partial charge in [0.15, 0.2) is 0 Å². The Hall–Kier alpha value is -3.76. The molecule has 0 saturated heterocycles. The number of nitrogens with zero attached hydrogens (tertiary/aromatic N) is 1. The van der Waals surface area contributed by atoms with E-state index in [2.05, 4.69) is 20.6 Å². The summed E-state index contributed by atoms with van der Waals surface area (Å²) in [6.45, 7) is 3.25. The van der Waals surface area contributed by atoms with E-state index in [0.29, 0.717) is 25.4 Å². The summed E-state index contributed by atoms with van der Waals surface area (Å²) >= 11 is 5.81. The van der Waals surface area contributed by atoms with Crippen LogP contribution in [-0.4, -0.2) is 36.7 Å². The zero-order valence-corrected chi connectivity index (χ0v) is 19.9.